The number of para-hydroxylation sites is 1. The van der Waals surface area contributed by atoms with Crippen molar-refractivity contribution in [2.24, 2.45) is 0 Å². The SMILES string of the molecule is CC1(C)c2cc(-c3cc(-c4ccccc4)nc(-c4ccccc4)n3)ccc2-c2ccc(-c3nc(-c4cccc5ccccc45)nc4ccccc34)cc21. The average molecular weight is 679 g/mol. The fourth-order valence-electron chi connectivity index (χ4n) is 7.95. The van der Waals surface area contributed by atoms with Gasteiger partial charge < -0.3 is 0 Å². The van der Waals surface area contributed by atoms with Gasteiger partial charge in [0.1, 0.15) is 0 Å². The van der Waals surface area contributed by atoms with Crippen molar-refractivity contribution in [1.82, 2.24) is 19.9 Å². The van der Waals surface area contributed by atoms with Gasteiger partial charge in [0.25, 0.3) is 0 Å². The summed E-state index contributed by atoms with van der Waals surface area (Å²) in [6.07, 6.45) is 0. The molecule has 0 saturated carbocycles. The highest BCUT2D eigenvalue weighted by molar-refractivity contribution is 5.99. The molecule has 2 aromatic heterocycles. The molecule has 0 amide bonds. The molecule has 0 radical (unpaired) electrons. The van der Waals surface area contributed by atoms with Crippen LogP contribution in [-0.2, 0) is 5.41 Å². The second kappa shape index (κ2) is 12.2. The molecular weight excluding hydrogens is 645 g/mol. The first kappa shape index (κ1) is 31.0. The van der Waals surface area contributed by atoms with Crippen LogP contribution in [0.15, 0.2) is 170 Å². The third kappa shape index (κ3) is 5.22. The molecule has 9 aromatic rings. The summed E-state index contributed by atoms with van der Waals surface area (Å²) < 4.78 is 0. The fourth-order valence-corrected chi connectivity index (χ4v) is 7.95. The van der Waals surface area contributed by atoms with E-state index in [4.69, 9.17) is 19.9 Å². The summed E-state index contributed by atoms with van der Waals surface area (Å²) in [4.78, 5) is 20.5. The predicted octanol–water partition coefficient (Wildman–Crippen LogP) is 12.2. The average Bonchev–Trinajstić information content (AvgIpc) is 3.45. The van der Waals surface area contributed by atoms with Crippen molar-refractivity contribution in [1.29, 1.82) is 0 Å². The van der Waals surface area contributed by atoms with Crippen LogP contribution in [0.4, 0.5) is 0 Å². The smallest absolute Gasteiger partial charge is 0.161 e. The zero-order chi connectivity index (χ0) is 35.5. The lowest BCUT2D eigenvalue weighted by atomic mass is 9.81. The van der Waals surface area contributed by atoms with E-state index in [1.54, 1.807) is 0 Å². The molecule has 0 aliphatic heterocycles. The normalized spacial score (nSPS) is 12.9. The minimum Gasteiger partial charge on any atom is -0.228 e. The lowest BCUT2D eigenvalue weighted by molar-refractivity contribution is 0.661. The zero-order valence-corrected chi connectivity index (χ0v) is 29.5. The zero-order valence-electron chi connectivity index (χ0n) is 29.5. The second-order valence-corrected chi connectivity index (χ2v) is 14.3. The lowest BCUT2D eigenvalue weighted by Crippen LogP contribution is -2.15. The summed E-state index contributed by atoms with van der Waals surface area (Å²) in [5.41, 5.74) is 13.8. The standard InChI is InChI=1S/C49H34N4/c1-49(2)41-28-34(45-30-44(32-15-5-3-6-16-32)51-47(52-45)33-17-7-4-8-18-33)24-26-37(41)38-27-25-35(29-42(38)49)46-40-21-11-12-23-43(40)50-48(53-46)39-22-13-19-31-14-9-10-20-36(31)39/h3-30H,1-2H3. The van der Waals surface area contributed by atoms with Crippen LogP contribution in [0.3, 0.4) is 0 Å². The summed E-state index contributed by atoms with van der Waals surface area (Å²) in [6, 6.07) is 59.5. The van der Waals surface area contributed by atoms with Crippen LogP contribution >= 0.6 is 0 Å². The highest BCUT2D eigenvalue weighted by Gasteiger charge is 2.36. The number of fused-ring (bicyclic) bond motifs is 5. The highest BCUT2D eigenvalue weighted by atomic mass is 14.9. The third-order valence-corrected chi connectivity index (χ3v) is 10.7. The van der Waals surface area contributed by atoms with E-state index in [2.05, 4.69) is 159 Å². The molecule has 0 N–H and O–H groups in total. The number of aromatic nitrogens is 4. The number of hydrogen-bond acceptors (Lipinski definition) is 4. The Kier molecular flexibility index (Phi) is 7.12. The maximum atomic E-state index is 5.31. The van der Waals surface area contributed by atoms with Crippen molar-refractivity contribution >= 4 is 21.7 Å². The molecule has 7 aromatic carbocycles. The highest BCUT2D eigenvalue weighted by Crippen LogP contribution is 2.51. The molecule has 0 unspecified atom stereocenters. The second-order valence-electron chi connectivity index (χ2n) is 14.3. The summed E-state index contributed by atoms with van der Waals surface area (Å²) in [5.74, 6) is 1.45. The first-order valence-corrected chi connectivity index (χ1v) is 18.1. The Bertz CT molecular complexity index is 2800. The summed E-state index contributed by atoms with van der Waals surface area (Å²) in [5, 5.41) is 3.36. The van der Waals surface area contributed by atoms with Crippen LogP contribution in [0.25, 0.3) is 89.4 Å². The van der Waals surface area contributed by atoms with Gasteiger partial charge >= 0.3 is 0 Å². The van der Waals surface area contributed by atoms with Crippen LogP contribution in [0.1, 0.15) is 25.0 Å². The van der Waals surface area contributed by atoms with E-state index in [1.807, 2.05) is 24.3 Å². The van der Waals surface area contributed by atoms with E-state index in [0.717, 1.165) is 72.8 Å². The molecule has 10 rings (SSSR count). The number of hydrogen-bond donors (Lipinski definition) is 0. The summed E-state index contributed by atoms with van der Waals surface area (Å²) >= 11 is 0. The molecule has 1 aliphatic carbocycles. The van der Waals surface area contributed by atoms with E-state index in [-0.39, 0.29) is 5.41 Å². The molecule has 2 heterocycles. The monoisotopic (exact) mass is 678 g/mol. The van der Waals surface area contributed by atoms with Gasteiger partial charge in [-0.3, -0.25) is 0 Å². The summed E-state index contributed by atoms with van der Waals surface area (Å²) in [6.45, 7) is 4.66. The molecule has 0 fully saturated rings. The van der Waals surface area contributed by atoms with Gasteiger partial charge in [0, 0.05) is 38.6 Å². The van der Waals surface area contributed by atoms with Crippen molar-refractivity contribution < 1.29 is 0 Å². The van der Waals surface area contributed by atoms with Crippen LogP contribution < -0.4 is 0 Å². The van der Waals surface area contributed by atoms with E-state index in [0.29, 0.717) is 0 Å². The fraction of sp³-hybridized carbons (Fsp3) is 0.0612. The van der Waals surface area contributed by atoms with Gasteiger partial charge in [-0.2, -0.15) is 0 Å². The van der Waals surface area contributed by atoms with Crippen molar-refractivity contribution in [3.8, 4) is 67.7 Å². The molecular formula is C49H34N4. The Labute approximate surface area is 308 Å². The molecule has 250 valence electrons. The quantitative estimate of drug-likeness (QED) is 0.182. The Morgan fingerprint density at radius 3 is 1.72 bits per heavy atom. The van der Waals surface area contributed by atoms with E-state index in [1.165, 1.54) is 27.6 Å². The number of rotatable bonds is 5. The van der Waals surface area contributed by atoms with E-state index < -0.39 is 0 Å². The topological polar surface area (TPSA) is 51.6 Å². The van der Waals surface area contributed by atoms with Crippen molar-refractivity contribution in [2.45, 2.75) is 19.3 Å². The molecule has 0 spiro atoms. The van der Waals surface area contributed by atoms with Gasteiger partial charge in [-0.25, -0.2) is 19.9 Å². The predicted molar refractivity (Wildman–Crippen MR) is 217 cm³/mol. The Morgan fingerprint density at radius 1 is 0.377 bits per heavy atom. The van der Waals surface area contributed by atoms with Gasteiger partial charge in [0.05, 0.1) is 22.6 Å². The van der Waals surface area contributed by atoms with Gasteiger partial charge in [-0.1, -0.05) is 159 Å². The van der Waals surface area contributed by atoms with Gasteiger partial charge in [-0.15, -0.1) is 0 Å². The number of benzene rings is 7. The van der Waals surface area contributed by atoms with Gasteiger partial charge in [-0.05, 0) is 57.3 Å². The molecule has 0 bridgehead atoms. The minimum atomic E-state index is -0.254. The molecule has 53 heavy (non-hydrogen) atoms. The maximum Gasteiger partial charge on any atom is 0.161 e. The Hall–Kier alpha value is -6.78. The van der Waals surface area contributed by atoms with Gasteiger partial charge in [0.15, 0.2) is 11.6 Å². The molecule has 4 heteroatoms. The van der Waals surface area contributed by atoms with Crippen molar-refractivity contribution in [2.75, 3.05) is 0 Å². The first-order chi connectivity index (χ1) is 26.0. The van der Waals surface area contributed by atoms with Crippen LogP contribution in [0.2, 0.25) is 0 Å². The first-order valence-electron chi connectivity index (χ1n) is 18.1. The van der Waals surface area contributed by atoms with Crippen molar-refractivity contribution in [3.63, 3.8) is 0 Å². The van der Waals surface area contributed by atoms with Crippen LogP contribution in [0.5, 0.6) is 0 Å². The van der Waals surface area contributed by atoms with E-state index in [9.17, 15) is 0 Å². The van der Waals surface area contributed by atoms with Crippen molar-refractivity contribution in [3.05, 3.63) is 181 Å². The summed E-state index contributed by atoms with van der Waals surface area (Å²) in [7, 11) is 0. The van der Waals surface area contributed by atoms with Crippen LogP contribution in [0, 0.1) is 0 Å². The third-order valence-electron chi connectivity index (χ3n) is 10.7. The molecule has 0 saturated heterocycles. The molecule has 0 atom stereocenters. The number of nitrogens with zero attached hydrogens (tertiary/aromatic N) is 4. The molecule has 1 aliphatic rings. The minimum absolute atomic E-state index is 0.254. The Balaban J connectivity index is 1.09. The van der Waals surface area contributed by atoms with Crippen LogP contribution in [-0.4, -0.2) is 19.9 Å². The van der Waals surface area contributed by atoms with E-state index >= 15 is 0 Å². The maximum absolute atomic E-state index is 5.31. The largest absolute Gasteiger partial charge is 0.228 e. The molecule has 4 nitrogen and oxygen atoms in total. The lowest BCUT2D eigenvalue weighted by Gasteiger charge is -2.23. The Morgan fingerprint density at radius 2 is 0.962 bits per heavy atom. The van der Waals surface area contributed by atoms with Gasteiger partial charge in [0.2, 0.25) is 0 Å².